The minimum Gasteiger partial charge on any atom is -0.448 e. The predicted octanol–water partition coefficient (Wildman–Crippen LogP) is 0.858. The number of amides is 1. The van der Waals surface area contributed by atoms with Crippen LogP contribution in [-0.2, 0) is 14.2 Å². The molecule has 1 amide bonds. The molecule has 2 heterocycles. The molecule has 0 radical (unpaired) electrons. The van der Waals surface area contributed by atoms with Gasteiger partial charge in [0.25, 0.3) is 0 Å². The summed E-state index contributed by atoms with van der Waals surface area (Å²) in [5, 5.41) is 0. The highest BCUT2D eigenvalue weighted by Crippen LogP contribution is 1.96. The zero-order chi connectivity index (χ0) is 9.68. The molecule has 14 heavy (non-hydrogen) atoms. The first-order valence-corrected chi connectivity index (χ1v) is 3.87. The summed E-state index contributed by atoms with van der Waals surface area (Å²) in [4.78, 5) is 21.6. The molecule has 0 bridgehead atoms. The van der Waals surface area contributed by atoms with Crippen LogP contribution in [0.2, 0.25) is 0 Å². The molecular formula is C8H15NO5. The monoisotopic (exact) mass is 205 g/mol. The molecule has 0 unspecified atom stereocenters. The number of cyclic esters (lactones) is 3. The lowest BCUT2D eigenvalue weighted by molar-refractivity contribution is 0.131. The largest absolute Gasteiger partial charge is 0.508 e. The summed E-state index contributed by atoms with van der Waals surface area (Å²) < 4.78 is 13.1. The van der Waals surface area contributed by atoms with E-state index in [-0.39, 0.29) is 13.5 Å². The Balaban J connectivity index is 0.000000227. The smallest absolute Gasteiger partial charge is 0.448 e. The second-order valence-electron chi connectivity index (χ2n) is 2.48. The van der Waals surface area contributed by atoms with Gasteiger partial charge in [-0.1, -0.05) is 7.43 Å². The highest BCUT2D eigenvalue weighted by atomic mass is 16.8. The number of nitrogens with zero attached hydrogens (tertiary/aromatic N) is 1. The van der Waals surface area contributed by atoms with Crippen molar-refractivity contribution in [3.63, 3.8) is 0 Å². The van der Waals surface area contributed by atoms with Crippen LogP contribution in [0.15, 0.2) is 0 Å². The number of rotatable bonds is 0. The van der Waals surface area contributed by atoms with Gasteiger partial charge >= 0.3 is 12.2 Å². The van der Waals surface area contributed by atoms with Gasteiger partial charge in [-0.3, -0.25) is 0 Å². The maximum Gasteiger partial charge on any atom is 0.508 e. The average molecular weight is 205 g/mol. The van der Waals surface area contributed by atoms with Gasteiger partial charge in [0.2, 0.25) is 0 Å². The molecule has 0 aromatic carbocycles. The van der Waals surface area contributed by atoms with Gasteiger partial charge in [0, 0.05) is 7.05 Å². The topological polar surface area (TPSA) is 65.1 Å². The van der Waals surface area contributed by atoms with E-state index in [0.29, 0.717) is 19.8 Å². The minimum absolute atomic E-state index is 0. The van der Waals surface area contributed by atoms with E-state index in [1.165, 1.54) is 0 Å². The molecule has 82 valence electrons. The molecule has 0 spiro atoms. The van der Waals surface area contributed by atoms with Crippen molar-refractivity contribution in [1.82, 2.24) is 4.90 Å². The number of hydrogen-bond acceptors (Lipinski definition) is 5. The highest BCUT2D eigenvalue weighted by Gasteiger charge is 2.15. The molecule has 6 nitrogen and oxygen atoms in total. The zero-order valence-corrected chi connectivity index (χ0v) is 7.32. The summed E-state index contributed by atoms with van der Waals surface area (Å²) in [5.41, 5.74) is 0. The Morgan fingerprint density at radius 3 is 1.79 bits per heavy atom. The van der Waals surface area contributed by atoms with Crippen molar-refractivity contribution in [2.45, 2.75) is 7.43 Å². The Bertz CT molecular complexity index is 198. The fourth-order valence-electron chi connectivity index (χ4n) is 0.763. The van der Waals surface area contributed by atoms with E-state index < -0.39 is 6.16 Å². The number of carbonyl (C=O) groups is 2. The quantitative estimate of drug-likeness (QED) is 0.549. The maximum atomic E-state index is 10.3. The van der Waals surface area contributed by atoms with Crippen LogP contribution in [0.25, 0.3) is 0 Å². The molecule has 0 aromatic heterocycles. The van der Waals surface area contributed by atoms with Gasteiger partial charge in [-0.2, -0.15) is 0 Å². The van der Waals surface area contributed by atoms with Crippen molar-refractivity contribution in [1.29, 1.82) is 0 Å². The third-order valence-corrected chi connectivity index (χ3v) is 1.49. The number of hydrogen-bond donors (Lipinski definition) is 0. The second kappa shape index (κ2) is 6.06. The van der Waals surface area contributed by atoms with Gasteiger partial charge in [-0.25, -0.2) is 9.59 Å². The summed E-state index contributed by atoms with van der Waals surface area (Å²) in [6.45, 7) is 2.12. The third-order valence-electron chi connectivity index (χ3n) is 1.49. The van der Waals surface area contributed by atoms with Gasteiger partial charge in [-0.05, 0) is 0 Å². The first kappa shape index (κ1) is 12.5. The molecule has 0 N–H and O–H groups in total. The Kier molecular flexibility index (Phi) is 5.43. The van der Waals surface area contributed by atoms with Gasteiger partial charge in [0.05, 0.1) is 6.54 Å². The summed E-state index contributed by atoms with van der Waals surface area (Å²) in [6.07, 6.45) is -0.755. The van der Waals surface area contributed by atoms with Crippen LogP contribution in [0.5, 0.6) is 0 Å². The molecule has 0 aliphatic carbocycles. The lowest BCUT2D eigenvalue weighted by atomic mass is 10.7. The van der Waals surface area contributed by atoms with E-state index in [0.717, 1.165) is 6.54 Å². The zero-order valence-electron chi connectivity index (χ0n) is 7.32. The van der Waals surface area contributed by atoms with Gasteiger partial charge < -0.3 is 19.1 Å². The molecule has 0 saturated carbocycles. The van der Waals surface area contributed by atoms with Crippen LogP contribution in [0.4, 0.5) is 9.59 Å². The molecule has 0 atom stereocenters. The number of carbonyl (C=O) groups excluding carboxylic acids is 2. The lowest BCUT2D eigenvalue weighted by Gasteiger charge is -1.98. The molecule has 2 saturated heterocycles. The Labute approximate surface area is 82.7 Å². The number of likely N-dealkylation sites (N-methyl/N-ethyl adjacent to an activating group) is 1. The van der Waals surface area contributed by atoms with Crippen LogP contribution in [0, 0.1) is 0 Å². The summed E-state index contributed by atoms with van der Waals surface area (Å²) >= 11 is 0. The Morgan fingerprint density at radius 2 is 1.64 bits per heavy atom. The average Bonchev–Trinajstić information content (AvgIpc) is 2.67. The van der Waals surface area contributed by atoms with Crippen LogP contribution in [0.1, 0.15) is 7.43 Å². The third kappa shape index (κ3) is 3.97. The van der Waals surface area contributed by atoms with E-state index in [1.54, 1.807) is 11.9 Å². The fourth-order valence-corrected chi connectivity index (χ4v) is 0.763. The van der Waals surface area contributed by atoms with Crippen molar-refractivity contribution in [2.75, 3.05) is 33.4 Å². The Morgan fingerprint density at radius 1 is 1.07 bits per heavy atom. The van der Waals surface area contributed by atoms with Crippen LogP contribution >= 0.6 is 0 Å². The first-order valence-electron chi connectivity index (χ1n) is 3.87. The standard InChI is InChI=1S/C4H7NO2.C3H4O3.CH4/c1-5-2-3-7-4(5)6;4-3-5-1-2-6-3;/h2-3H2,1H3;1-2H2;1H4. The van der Waals surface area contributed by atoms with Gasteiger partial charge in [0.1, 0.15) is 19.8 Å². The molecule has 2 fully saturated rings. The molecule has 0 aromatic rings. The van der Waals surface area contributed by atoms with Crippen LogP contribution in [0.3, 0.4) is 0 Å². The van der Waals surface area contributed by atoms with Gasteiger partial charge in [-0.15, -0.1) is 0 Å². The van der Waals surface area contributed by atoms with E-state index in [1.807, 2.05) is 0 Å². The minimum atomic E-state index is -0.546. The van der Waals surface area contributed by atoms with Crippen molar-refractivity contribution in [3.05, 3.63) is 0 Å². The lowest BCUT2D eigenvalue weighted by Crippen LogP contribution is -2.17. The second-order valence-corrected chi connectivity index (χ2v) is 2.48. The van der Waals surface area contributed by atoms with Gasteiger partial charge in [0.15, 0.2) is 0 Å². The molecule has 2 rings (SSSR count). The predicted molar refractivity (Wildman–Crippen MR) is 48.0 cm³/mol. The van der Waals surface area contributed by atoms with Crippen LogP contribution < -0.4 is 0 Å². The van der Waals surface area contributed by atoms with E-state index >= 15 is 0 Å². The SMILES string of the molecule is C.CN1CCOC1=O.O=C1OCCO1. The molecule has 2 aliphatic rings. The summed E-state index contributed by atoms with van der Waals surface area (Å²) in [5.74, 6) is 0. The Hall–Kier alpha value is -1.46. The fraction of sp³-hybridized carbons (Fsp3) is 0.750. The van der Waals surface area contributed by atoms with E-state index in [2.05, 4.69) is 14.2 Å². The van der Waals surface area contributed by atoms with Crippen molar-refractivity contribution < 1.29 is 23.8 Å². The highest BCUT2D eigenvalue weighted by molar-refractivity contribution is 5.68. The molecular weight excluding hydrogens is 190 g/mol. The van der Waals surface area contributed by atoms with Crippen molar-refractivity contribution in [3.8, 4) is 0 Å². The first-order chi connectivity index (χ1) is 6.20. The van der Waals surface area contributed by atoms with Crippen molar-refractivity contribution >= 4 is 12.2 Å². The number of ether oxygens (including phenoxy) is 3. The van der Waals surface area contributed by atoms with Crippen molar-refractivity contribution in [2.24, 2.45) is 0 Å². The maximum absolute atomic E-state index is 10.3. The summed E-state index contributed by atoms with van der Waals surface area (Å²) in [6, 6.07) is 0. The molecule has 6 heteroatoms. The summed E-state index contributed by atoms with van der Waals surface area (Å²) in [7, 11) is 1.72. The van der Waals surface area contributed by atoms with E-state index in [9.17, 15) is 9.59 Å². The van der Waals surface area contributed by atoms with Crippen LogP contribution in [-0.4, -0.2) is 50.6 Å². The van der Waals surface area contributed by atoms with E-state index in [4.69, 9.17) is 0 Å². The normalized spacial score (nSPS) is 18.5. The molecule has 2 aliphatic heterocycles.